The monoisotopic (exact) mass is 273 g/mol. The van der Waals surface area contributed by atoms with E-state index in [0.717, 1.165) is 22.8 Å². The van der Waals surface area contributed by atoms with Gasteiger partial charge in [-0.2, -0.15) is 0 Å². The first kappa shape index (κ1) is 14.9. The van der Waals surface area contributed by atoms with Crippen LogP contribution in [0.1, 0.15) is 38.8 Å². The van der Waals surface area contributed by atoms with Crippen molar-refractivity contribution in [3.05, 3.63) is 42.2 Å². The molecule has 2 atom stereocenters. The molecule has 2 aromatic rings. The highest BCUT2D eigenvalue weighted by molar-refractivity contribution is 5.85. The molecule has 108 valence electrons. The lowest BCUT2D eigenvalue weighted by Gasteiger charge is -2.37. The molecule has 0 aliphatic rings. The Morgan fingerprint density at radius 3 is 2.80 bits per heavy atom. The van der Waals surface area contributed by atoms with Gasteiger partial charge >= 0.3 is 0 Å². The van der Waals surface area contributed by atoms with E-state index < -0.39 is 0 Å². The van der Waals surface area contributed by atoms with Gasteiger partial charge in [0.25, 0.3) is 0 Å². The van der Waals surface area contributed by atoms with Crippen molar-refractivity contribution in [2.24, 2.45) is 5.84 Å². The summed E-state index contributed by atoms with van der Waals surface area (Å²) in [7, 11) is 0. The minimum atomic E-state index is -0.346. The predicted octanol–water partition coefficient (Wildman–Crippen LogP) is 2.94. The minimum Gasteiger partial charge on any atom is -0.374 e. The molecule has 20 heavy (non-hydrogen) atoms. The molecule has 2 unspecified atom stereocenters. The minimum absolute atomic E-state index is 0.0708. The molecule has 0 amide bonds. The number of aromatic nitrogens is 1. The van der Waals surface area contributed by atoms with Gasteiger partial charge < -0.3 is 4.74 Å². The van der Waals surface area contributed by atoms with Gasteiger partial charge in [0.15, 0.2) is 0 Å². The number of nitrogens with zero attached hydrogens (tertiary/aromatic N) is 1. The van der Waals surface area contributed by atoms with Crippen molar-refractivity contribution in [1.82, 2.24) is 10.4 Å². The smallest absolute Gasteiger partial charge is 0.0858 e. The van der Waals surface area contributed by atoms with Crippen LogP contribution >= 0.6 is 0 Å². The van der Waals surface area contributed by atoms with Crippen LogP contribution in [0.2, 0.25) is 0 Å². The number of fused-ring (bicyclic) bond motifs is 1. The third-order valence-electron chi connectivity index (χ3n) is 3.98. The van der Waals surface area contributed by atoms with Crippen LogP contribution in [0.25, 0.3) is 10.8 Å². The first-order chi connectivity index (χ1) is 9.66. The number of hydrogen-bond acceptors (Lipinski definition) is 4. The molecule has 3 N–H and O–H groups in total. The Hall–Kier alpha value is -1.49. The average Bonchev–Trinajstić information content (AvgIpc) is 2.48. The Balaban J connectivity index is 2.54. The molecule has 0 bridgehead atoms. The summed E-state index contributed by atoms with van der Waals surface area (Å²) in [4.78, 5) is 4.17. The fourth-order valence-electron chi connectivity index (χ4n) is 2.71. The van der Waals surface area contributed by atoms with Crippen molar-refractivity contribution >= 4 is 10.8 Å². The molecule has 1 heterocycles. The molecule has 0 saturated heterocycles. The van der Waals surface area contributed by atoms with Gasteiger partial charge in [-0.3, -0.25) is 16.3 Å². The highest BCUT2D eigenvalue weighted by Gasteiger charge is 2.34. The van der Waals surface area contributed by atoms with Crippen LogP contribution < -0.4 is 11.3 Å². The van der Waals surface area contributed by atoms with E-state index in [0.29, 0.717) is 6.61 Å². The maximum atomic E-state index is 5.98. The van der Waals surface area contributed by atoms with Crippen LogP contribution in [-0.4, -0.2) is 17.2 Å². The molecule has 0 fully saturated rings. The van der Waals surface area contributed by atoms with Crippen LogP contribution in [0.3, 0.4) is 0 Å². The van der Waals surface area contributed by atoms with E-state index in [-0.39, 0.29) is 11.6 Å². The summed E-state index contributed by atoms with van der Waals surface area (Å²) < 4.78 is 5.98. The number of benzene rings is 1. The highest BCUT2D eigenvalue weighted by Crippen LogP contribution is 2.35. The number of pyridine rings is 1. The topological polar surface area (TPSA) is 60.2 Å². The second-order valence-electron chi connectivity index (χ2n) is 5.14. The molecule has 0 aliphatic heterocycles. The van der Waals surface area contributed by atoms with Gasteiger partial charge in [0.05, 0.1) is 11.6 Å². The number of nitrogens with two attached hydrogens (primary N) is 1. The summed E-state index contributed by atoms with van der Waals surface area (Å²) in [6.45, 7) is 6.89. The number of hydrazine groups is 1. The number of nitrogens with one attached hydrogen (secondary N) is 1. The summed E-state index contributed by atoms with van der Waals surface area (Å²) in [6.07, 6.45) is 4.55. The van der Waals surface area contributed by atoms with E-state index in [9.17, 15) is 0 Å². The zero-order valence-electron chi connectivity index (χ0n) is 12.4. The summed E-state index contributed by atoms with van der Waals surface area (Å²) in [6, 6.07) is 8.14. The Morgan fingerprint density at radius 2 is 2.15 bits per heavy atom. The van der Waals surface area contributed by atoms with Gasteiger partial charge in [0.2, 0.25) is 0 Å². The number of ether oxygens (including phenoxy) is 1. The predicted molar refractivity (Wildman–Crippen MR) is 82.1 cm³/mol. The van der Waals surface area contributed by atoms with Crippen LogP contribution in [-0.2, 0) is 4.74 Å². The van der Waals surface area contributed by atoms with Gasteiger partial charge in [0.1, 0.15) is 0 Å². The second-order valence-corrected chi connectivity index (χ2v) is 5.14. The number of hydrogen-bond donors (Lipinski definition) is 2. The van der Waals surface area contributed by atoms with Gasteiger partial charge in [-0.05, 0) is 37.3 Å². The number of rotatable bonds is 6. The Labute approximate surface area is 120 Å². The molecule has 0 spiro atoms. The zero-order valence-corrected chi connectivity index (χ0v) is 12.4. The molecule has 0 aliphatic carbocycles. The van der Waals surface area contributed by atoms with Crippen LogP contribution in [0.4, 0.5) is 0 Å². The SMILES string of the molecule is CCOC(C)(CC)C(NN)c1cccc2cnccc12. The quantitative estimate of drug-likeness (QED) is 0.627. The maximum Gasteiger partial charge on any atom is 0.0858 e. The maximum absolute atomic E-state index is 5.98. The van der Waals surface area contributed by atoms with E-state index in [4.69, 9.17) is 10.6 Å². The molecule has 2 rings (SSSR count). The van der Waals surface area contributed by atoms with Crippen molar-refractivity contribution in [1.29, 1.82) is 0 Å². The molecule has 4 nitrogen and oxygen atoms in total. The largest absolute Gasteiger partial charge is 0.374 e. The van der Waals surface area contributed by atoms with Crippen molar-refractivity contribution < 1.29 is 4.74 Å². The van der Waals surface area contributed by atoms with Crippen LogP contribution in [0, 0.1) is 0 Å². The molecular weight excluding hydrogens is 250 g/mol. The van der Waals surface area contributed by atoms with Gasteiger partial charge in [-0.25, -0.2) is 0 Å². The van der Waals surface area contributed by atoms with E-state index in [2.05, 4.69) is 36.4 Å². The molecule has 1 aromatic heterocycles. The molecular formula is C16H23N3O. The van der Waals surface area contributed by atoms with Crippen molar-refractivity contribution in [2.75, 3.05) is 6.61 Å². The zero-order chi connectivity index (χ0) is 14.6. The van der Waals surface area contributed by atoms with E-state index in [1.54, 1.807) is 0 Å². The molecule has 0 radical (unpaired) electrons. The fourth-order valence-corrected chi connectivity index (χ4v) is 2.71. The van der Waals surface area contributed by atoms with E-state index in [1.165, 1.54) is 0 Å². The Bertz CT molecular complexity index is 567. The standard InChI is InChI=1S/C16H23N3O/c1-4-16(3,20-5-2)15(19-17)14-8-6-7-12-11-18-10-9-13(12)14/h6-11,15,19H,4-5,17H2,1-3H3. The van der Waals surface area contributed by atoms with Crippen LogP contribution in [0.5, 0.6) is 0 Å². The van der Waals surface area contributed by atoms with Crippen molar-refractivity contribution in [3.8, 4) is 0 Å². The molecule has 1 aromatic carbocycles. The van der Waals surface area contributed by atoms with E-state index >= 15 is 0 Å². The first-order valence-corrected chi connectivity index (χ1v) is 7.09. The third kappa shape index (κ3) is 2.68. The van der Waals surface area contributed by atoms with Crippen LogP contribution in [0.15, 0.2) is 36.7 Å². The lowest BCUT2D eigenvalue weighted by molar-refractivity contribution is -0.0560. The summed E-state index contributed by atoms with van der Waals surface area (Å²) in [5.41, 5.74) is 3.74. The van der Waals surface area contributed by atoms with Crippen molar-refractivity contribution in [2.45, 2.75) is 38.8 Å². The van der Waals surface area contributed by atoms with Gasteiger partial charge in [-0.1, -0.05) is 25.1 Å². The third-order valence-corrected chi connectivity index (χ3v) is 3.98. The lowest BCUT2D eigenvalue weighted by atomic mass is 9.86. The van der Waals surface area contributed by atoms with Gasteiger partial charge in [0, 0.05) is 24.4 Å². The van der Waals surface area contributed by atoms with Crippen molar-refractivity contribution in [3.63, 3.8) is 0 Å². The summed E-state index contributed by atoms with van der Waals surface area (Å²) >= 11 is 0. The lowest BCUT2D eigenvalue weighted by Crippen LogP contribution is -2.46. The second kappa shape index (κ2) is 6.31. The molecule has 4 heteroatoms. The normalized spacial score (nSPS) is 16.0. The van der Waals surface area contributed by atoms with Gasteiger partial charge in [-0.15, -0.1) is 0 Å². The Kier molecular flexibility index (Phi) is 4.70. The first-order valence-electron chi connectivity index (χ1n) is 7.09. The fraction of sp³-hybridized carbons (Fsp3) is 0.438. The summed E-state index contributed by atoms with van der Waals surface area (Å²) in [5.74, 6) is 5.84. The average molecular weight is 273 g/mol. The van der Waals surface area contributed by atoms with E-state index in [1.807, 2.05) is 31.5 Å². The highest BCUT2D eigenvalue weighted by atomic mass is 16.5. The Morgan fingerprint density at radius 1 is 1.35 bits per heavy atom. The molecule has 0 saturated carbocycles. The summed E-state index contributed by atoms with van der Waals surface area (Å²) in [5, 5.41) is 2.27.